The predicted molar refractivity (Wildman–Crippen MR) is 121 cm³/mol. The number of hydrogen-bond acceptors (Lipinski definition) is 8. The molecule has 1 fully saturated rings. The zero-order chi connectivity index (χ0) is 23.6. The number of carbonyl (C=O) groups is 3. The van der Waals surface area contributed by atoms with E-state index in [1.165, 1.54) is 18.7 Å². The SMILES string of the molecule is CCOc1cc([C@H]2C(C(=O)OCC(C)C)=C(C)N=C3S[C@@H](C)C(=O)N32)ccc1OC(C)=O. The molecule has 1 aromatic rings. The number of amidine groups is 1. The second-order valence-corrected chi connectivity index (χ2v) is 9.30. The van der Waals surface area contributed by atoms with E-state index in [1.54, 1.807) is 30.0 Å². The highest BCUT2D eigenvalue weighted by Crippen LogP contribution is 2.45. The van der Waals surface area contributed by atoms with Gasteiger partial charge in [0.05, 0.1) is 35.8 Å². The monoisotopic (exact) mass is 460 g/mol. The van der Waals surface area contributed by atoms with Gasteiger partial charge in [-0.3, -0.25) is 14.5 Å². The van der Waals surface area contributed by atoms with Crippen LogP contribution in [0.25, 0.3) is 0 Å². The summed E-state index contributed by atoms with van der Waals surface area (Å²) in [6.45, 7) is 11.2. The Labute approximate surface area is 192 Å². The van der Waals surface area contributed by atoms with Gasteiger partial charge in [0.25, 0.3) is 0 Å². The number of benzene rings is 1. The minimum Gasteiger partial charge on any atom is -0.490 e. The van der Waals surface area contributed by atoms with E-state index in [0.29, 0.717) is 34.4 Å². The topological polar surface area (TPSA) is 94.5 Å². The Balaban J connectivity index is 2.11. The van der Waals surface area contributed by atoms with Crippen LogP contribution in [-0.4, -0.2) is 46.4 Å². The molecule has 172 valence electrons. The summed E-state index contributed by atoms with van der Waals surface area (Å²) in [5.41, 5.74) is 1.45. The molecule has 1 amide bonds. The number of amides is 1. The first-order chi connectivity index (χ1) is 15.1. The van der Waals surface area contributed by atoms with Gasteiger partial charge in [-0.05, 0) is 44.4 Å². The van der Waals surface area contributed by atoms with Gasteiger partial charge in [-0.1, -0.05) is 31.7 Å². The van der Waals surface area contributed by atoms with Crippen LogP contribution in [0.5, 0.6) is 11.5 Å². The third-order valence-electron chi connectivity index (χ3n) is 4.86. The summed E-state index contributed by atoms with van der Waals surface area (Å²) >= 11 is 1.36. The second-order valence-electron chi connectivity index (χ2n) is 7.99. The first-order valence-electron chi connectivity index (χ1n) is 10.6. The van der Waals surface area contributed by atoms with Crippen LogP contribution in [0.3, 0.4) is 0 Å². The average molecular weight is 461 g/mol. The van der Waals surface area contributed by atoms with Crippen molar-refractivity contribution in [3.63, 3.8) is 0 Å². The van der Waals surface area contributed by atoms with Gasteiger partial charge in [-0.25, -0.2) is 9.79 Å². The molecule has 32 heavy (non-hydrogen) atoms. The molecule has 2 aliphatic rings. The van der Waals surface area contributed by atoms with Crippen molar-refractivity contribution in [2.45, 2.75) is 52.8 Å². The van der Waals surface area contributed by atoms with Crippen LogP contribution < -0.4 is 9.47 Å². The van der Waals surface area contributed by atoms with E-state index in [1.807, 2.05) is 27.7 Å². The molecule has 9 heteroatoms. The predicted octanol–water partition coefficient (Wildman–Crippen LogP) is 3.86. The van der Waals surface area contributed by atoms with Gasteiger partial charge in [0.1, 0.15) is 0 Å². The van der Waals surface area contributed by atoms with E-state index in [-0.39, 0.29) is 29.4 Å². The molecule has 3 rings (SSSR count). The third kappa shape index (κ3) is 4.82. The fourth-order valence-corrected chi connectivity index (χ4v) is 4.53. The quantitative estimate of drug-likeness (QED) is 0.450. The third-order valence-corrected chi connectivity index (χ3v) is 5.92. The maximum absolute atomic E-state index is 13.1. The molecule has 2 heterocycles. The molecule has 0 bridgehead atoms. The van der Waals surface area contributed by atoms with Gasteiger partial charge in [-0.15, -0.1) is 0 Å². The maximum Gasteiger partial charge on any atom is 0.338 e. The molecule has 1 aromatic carbocycles. The van der Waals surface area contributed by atoms with E-state index in [9.17, 15) is 14.4 Å². The Morgan fingerprint density at radius 1 is 1.25 bits per heavy atom. The lowest BCUT2D eigenvalue weighted by Crippen LogP contribution is -2.40. The number of thioether (sulfide) groups is 1. The summed E-state index contributed by atoms with van der Waals surface area (Å²) in [4.78, 5) is 43.7. The van der Waals surface area contributed by atoms with Crippen LogP contribution in [0.2, 0.25) is 0 Å². The van der Waals surface area contributed by atoms with Crippen molar-refractivity contribution in [3.8, 4) is 11.5 Å². The Morgan fingerprint density at radius 2 is 1.97 bits per heavy atom. The highest BCUT2D eigenvalue weighted by Gasteiger charge is 2.46. The average Bonchev–Trinajstić information content (AvgIpc) is 2.99. The molecule has 0 spiro atoms. The lowest BCUT2D eigenvalue weighted by molar-refractivity contribution is -0.141. The van der Waals surface area contributed by atoms with E-state index in [4.69, 9.17) is 14.2 Å². The van der Waals surface area contributed by atoms with Gasteiger partial charge in [0.15, 0.2) is 16.7 Å². The van der Waals surface area contributed by atoms with Crippen LogP contribution in [-0.2, 0) is 19.1 Å². The summed E-state index contributed by atoms with van der Waals surface area (Å²) < 4.78 is 16.4. The molecular weight excluding hydrogens is 432 g/mol. The van der Waals surface area contributed by atoms with E-state index in [2.05, 4.69) is 4.99 Å². The lowest BCUT2D eigenvalue weighted by Gasteiger charge is -2.33. The number of ether oxygens (including phenoxy) is 3. The largest absolute Gasteiger partial charge is 0.490 e. The molecular formula is C23H28N2O6S. The fraction of sp³-hybridized carbons (Fsp3) is 0.478. The molecule has 0 aliphatic carbocycles. The minimum absolute atomic E-state index is 0.137. The molecule has 0 N–H and O–H groups in total. The van der Waals surface area contributed by atoms with Crippen molar-refractivity contribution in [1.29, 1.82) is 0 Å². The number of hydrogen-bond donors (Lipinski definition) is 0. The van der Waals surface area contributed by atoms with Gasteiger partial charge >= 0.3 is 11.9 Å². The van der Waals surface area contributed by atoms with Crippen molar-refractivity contribution < 1.29 is 28.6 Å². The molecule has 0 unspecified atom stereocenters. The van der Waals surface area contributed by atoms with Crippen LogP contribution in [0, 0.1) is 5.92 Å². The number of carbonyl (C=O) groups excluding carboxylic acids is 3. The van der Waals surface area contributed by atoms with E-state index < -0.39 is 18.0 Å². The van der Waals surface area contributed by atoms with Crippen LogP contribution >= 0.6 is 11.8 Å². The number of fused-ring (bicyclic) bond motifs is 1. The Bertz CT molecular complexity index is 1000. The number of esters is 2. The Morgan fingerprint density at radius 3 is 2.59 bits per heavy atom. The van der Waals surface area contributed by atoms with E-state index in [0.717, 1.165) is 0 Å². The first kappa shape index (κ1) is 23.8. The molecule has 2 aliphatic heterocycles. The van der Waals surface area contributed by atoms with Crippen molar-refractivity contribution in [2.24, 2.45) is 10.9 Å². The highest BCUT2D eigenvalue weighted by atomic mass is 32.2. The van der Waals surface area contributed by atoms with Crippen molar-refractivity contribution in [3.05, 3.63) is 35.0 Å². The van der Waals surface area contributed by atoms with E-state index >= 15 is 0 Å². The second kappa shape index (κ2) is 9.77. The normalized spacial score (nSPS) is 20.3. The standard InChI is InChI=1S/C23H28N2O6S/c1-7-29-18-10-16(8-9-17(18)31-15(6)26)20-19(22(28)30-11-12(2)3)13(4)24-23-25(20)21(27)14(5)32-23/h8-10,12,14,20H,7,11H2,1-6H3/t14-,20-/m0/s1. The van der Waals surface area contributed by atoms with Crippen molar-refractivity contribution in [2.75, 3.05) is 13.2 Å². The summed E-state index contributed by atoms with van der Waals surface area (Å²) in [7, 11) is 0. The number of nitrogens with zero attached hydrogens (tertiary/aromatic N) is 2. The van der Waals surface area contributed by atoms with Gasteiger partial charge in [-0.2, -0.15) is 0 Å². The fourth-order valence-electron chi connectivity index (χ4n) is 3.50. The zero-order valence-corrected chi connectivity index (χ0v) is 19.9. The molecule has 0 aromatic heterocycles. The Hall–Kier alpha value is -2.81. The molecule has 0 saturated carbocycles. The molecule has 8 nitrogen and oxygen atoms in total. The van der Waals surface area contributed by atoms with Crippen LogP contribution in [0.15, 0.2) is 34.5 Å². The van der Waals surface area contributed by atoms with Gasteiger partial charge in [0, 0.05) is 6.92 Å². The van der Waals surface area contributed by atoms with Gasteiger partial charge < -0.3 is 14.2 Å². The van der Waals surface area contributed by atoms with Crippen molar-refractivity contribution in [1.82, 2.24) is 4.90 Å². The molecule has 0 radical (unpaired) electrons. The molecule has 1 saturated heterocycles. The first-order valence-corrected chi connectivity index (χ1v) is 11.4. The van der Waals surface area contributed by atoms with Crippen LogP contribution in [0.1, 0.15) is 53.1 Å². The maximum atomic E-state index is 13.1. The molecule has 2 atom stereocenters. The summed E-state index contributed by atoms with van der Waals surface area (Å²) in [6, 6.07) is 4.30. The van der Waals surface area contributed by atoms with Crippen molar-refractivity contribution >= 4 is 34.8 Å². The summed E-state index contributed by atoms with van der Waals surface area (Å²) in [5.74, 6) is -0.333. The van der Waals surface area contributed by atoms with Crippen LogP contribution in [0.4, 0.5) is 0 Å². The Kier molecular flexibility index (Phi) is 7.28. The minimum atomic E-state index is -0.724. The van der Waals surface area contributed by atoms with Gasteiger partial charge in [0.2, 0.25) is 5.91 Å². The lowest BCUT2D eigenvalue weighted by atomic mass is 9.94. The number of allylic oxidation sites excluding steroid dienone is 1. The summed E-state index contributed by atoms with van der Waals surface area (Å²) in [6.07, 6.45) is 0. The smallest absolute Gasteiger partial charge is 0.338 e. The highest BCUT2D eigenvalue weighted by molar-refractivity contribution is 8.15. The zero-order valence-electron chi connectivity index (χ0n) is 19.1. The number of aliphatic imine (C=N–C) groups is 1. The summed E-state index contributed by atoms with van der Waals surface area (Å²) in [5, 5.41) is 0.231. The number of rotatable bonds is 7.